The predicted octanol–water partition coefficient (Wildman–Crippen LogP) is 0.918. The smallest absolute Gasteiger partial charge is 0.430 e. The number of nitrogens with zero attached hydrogens (tertiary/aromatic N) is 1. The van der Waals surface area contributed by atoms with E-state index in [1.165, 1.54) is 31.2 Å². The molecule has 0 aliphatic carbocycles. The van der Waals surface area contributed by atoms with Crippen LogP contribution in [-0.4, -0.2) is 50.6 Å². The number of non-ortho nitro benzene ring substituents is 1. The van der Waals surface area contributed by atoms with Gasteiger partial charge < -0.3 is 19.9 Å². The van der Waals surface area contributed by atoms with Crippen LogP contribution < -0.4 is 5.32 Å². The van der Waals surface area contributed by atoms with Crippen LogP contribution in [0.5, 0.6) is 0 Å². The van der Waals surface area contributed by atoms with Crippen molar-refractivity contribution in [3.05, 3.63) is 39.9 Å². The topological polar surface area (TPSA) is 162 Å². The van der Waals surface area contributed by atoms with Crippen LogP contribution in [0.4, 0.5) is 10.5 Å². The zero-order chi connectivity index (χ0) is 21.7. The molecule has 0 radical (unpaired) electrons. The molecule has 1 aliphatic heterocycles. The Morgan fingerprint density at radius 3 is 2.41 bits per heavy atom. The maximum Gasteiger partial charge on any atom is 0.508 e. The standard InChI is InChI=1S/C17H18N2O9S/c1-8(20)13(21)16(23)29-15-12(14(22)18-15)9(2)28-17(24)27-7-10-3-5-11(6-4-10)19(25)26/h3-6,8-9,12,15,20H,7H2,1-2H3,(H,18,22)/t8?,9?,12-,15-/m0/s1. The number of hydrogen-bond donors (Lipinski definition) is 2. The van der Waals surface area contributed by atoms with E-state index in [4.69, 9.17) is 14.6 Å². The van der Waals surface area contributed by atoms with Gasteiger partial charge in [0.1, 0.15) is 24.7 Å². The number of rotatable bonds is 8. The fraction of sp³-hybridized carbons (Fsp3) is 0.412. The van der Waals surface area contributed by atoms with Crippen molar-refractivity contribution in [2.45, 2.75) is 38.0 Å². The summed E-state index contributed by atoms with van der Waals surface area (Å²) in [6, 6.07) is 5.37. The average molecular weight is 426 g/mol. The number of amides is 1. The first kappa shape index (κ1) is 22.3. The molecule has 1 heterocycles. The van der Waals surface area contributed by atoms with Crippen molar-refractivity contribution in [2.24, 2.45) is 5.92 Å². The molecule has 2 N–H and O–H groups in total. The summed E-state index contributed by atoms with van der Waals surface area (Å²) in [7, 11) is 0. The van der Waals surface area contributed by atoms with Crippen LogP contribution in [0.3, 0.4) is 0 Å². The first-order chi connectivity index (χ1) is 13.6. The van der Waals surface area contributed by atoms with Crippen molar-refractivity contribution in [3.8, 4) is 0 Å². The van der Waals surface area contributed by atoms with E-state index in [-0.39, 0.29) is 12.3 Å². The highest BCUT2D eigenvalue weighted by atomic mass is 32.2. The number of aliphatic hydroxyl groups excluding tert-OH is 1. The third-order valence-electron chi connectivity index (χ3n) is 4.02. The number of nitrogens with one attached hydrogen (secondary N) is 1. The quantitative estimate of drug-likeness (QED) is 0.201. The molecule has 156 valence electrons. The minimum Gasteiger partial charge on any atom is -0.430 e. The minimum atomic E-state index is -1.45. The Morgan fingerprint density at radius 1 is 1.28 bits per heavy atom. The minimum absolute atomic E-state index is 0.104. The molecule has 1 aromatic rings. The van der Waals surface area contributed by atoms with Crippen molar-refractivity contribution >= 4 is 40.4 Å². The molecule has 1 saturated heterocycles. The van der Waals surface area contributed by atoms with Gasteiger partial charge in [-0.15, -0.1) is 0 Å². The SMILES string of the molecule is CC(O)C(=O)C(=O)S[C@@H]1NC(=O)[C@@H]1C(C)OC(=O)OCc1ccc([N+](=O)[O-])cc1. The van der Waals surface area contributed by atoms with Gasteiger partial charge in [-0.1, -0.05) is 11.8 Å². The monoisotopic (exact) mass is 426 g/mol. The summed E-state index contributed by atoms with van der Waals surface area (Å²) in [5.74, 6) is -2.33. The lowest BCUT2D eigenvalue weighted by Gasteiger charge is -2.38. The molecule has 1 aliphatic rings. The number of carbonyl (C=O) groups excluding carboxylic acids is 4. The maximum atomic E-state index is 11.8. The largest absolute Gasteiger partial charge is 0.508 e. The van der Waals surface area contributed by atoms with Gasteiger partial charge in [0.05, 0.1) is 10.3 Å². The second-order valence-corrected chi connectivity index (χ2v) is 7.30. The van der Waals surface area contributed by atoms with Crippen molar-refractivity contribution in [1.29, 1.82) is 0 Å². The van der Waals surface area contributed by atoms with Crippen molar-refractivity contribution in [1.82, 2.24) is 5.32 Å². The van der Waals surface area contributed by atoms with E-state index < -0.39 is 51.4 Å². The van der Waals surface area contributed by atoms with Gasteiger partial charge in [-0.3, -0.25) is 24.5 Å². The van der Waals surface area contributed by atoms with Crippen LogP contribution in [0.25, 0.3) is 0 Å². The Morgan fingerprint density at radius 2 is 1.90 bits per heavy atom. The van der Waals surface area contributed by atoms with Gasteiger partial charge in [-0.05, 0) is 31.5 Å². The summed E-state index contributed by atoms with van der Waals surface area (Å²) in [4.78, 5) is 56.8. The zero-order valence-corrected chi connectivity index (χ0v) is 16.2. The molecule has 2 rings (SSSR count). The highest BCUT2D eigenvalue weighted by Crippen LogP contribution is 2.31. The second-order valence-electron chi connectivity index (χ2n) is 6.19. The zero-order valence-electron chi connectivity index (χ0n) is 15.4. The molecule has 2 unspecified atom stereocenters. The number of β-lactam (4-membered cyclic amide) rings is 1. The summed E-state index contributed by atoms with van der Waals surface area (Å²) >= 11 is 0.536. The fourth-order valence-corrected chi connectivity index (χ4v) is 3.57. The summed E-state index contributed by atoms with van der Waals surface area (Å²) in [6.45, 7) is 2.40. The van der Waals surface area contributed by atoms with Gasteiger partial charge in [0.2, 0.25) is 11.7 Å². The summed E-state index contributed by atoms with van der Waals surface area (Å²) in [5.41, 5.74) is 0.394. The number of carbonyl (C=O) groups is 4. The normalized spacial score (nSPS) is 19.9. The first-order valence-electron chi connectivity index (χ1n) is 8.40. The average Bonchev–Trinajstić information content (AvgIpc) is 2.65. The molecule has 1 fully saturated rings. The number of nitro groups is 1. The molecular formula is C17H18N2O9S. The Kier molecular flexibility index (Phi) is 7.29. The lowest BCUT2D eigenvalue weighted by atomic mass is 9.96. The number of benzene rings is 1. The second kappa shape index (κ2) is 9.47. The molecule has 0 spiro atoms. The van der Waals surface area contributed by atoms with Gasteiger partial charge in [-0.25, -0.2) is 4.79 Å². The van der Waals surface area contributed by atoms with Crippen LogP contribution in [0.15, 0.2) is 24.3 Å². The van der Waals surface area contributed by atoms with Gasteiger partial charge >= 0.3 is 6.16 Å². The van der Waals surface area contributed by atoms with E-state index in [0.29, 0.717) is 17.3 Å². The van der Waals surface area contributed by atoms with E-state index in [9.17, 15) is 29.3 Å². The van der Waals surface area contributed by atoms with E-state index in [1.54, 1.807) is 0 Å². The van der Waals surface area contributed by atoms with E-state index in [0.717, 1.165) is 6.92 Å². The van der Waals surface area contributed by atoms with Gasteiger partial charge in [0.25, 0.3) is 10.8 Å². The molecule has 1 aromatic carbocycles. The number of Topliss-reactive ketones (excluding diaryl/α,β-unsaturated/α-hetero) is 1. The summed E-state index contributed by atoms with van der Waals surface area (Å²) in [6.07, 6.45) is -3.46. The van der Waals surface area contributed by atoms with Gasteiger partial charge in [0.15, 0.2) is 0 Å². The van der Waals surface area contributed by atoms with E-state index in [2.05, 4.69) is 5.32 Å². The number of nitro benzene ring substituents is 1. The Hall–Kier alpha value is -2.99. The number of thioether (sulfide) groups is 1. The maximum absolute atomic E-state index is 11.8. The summed E-state index contributed by atoms with van der Waals surface area (Å²) in [5, 5.41) is 20.5. The van der Waals surface area contributed by atoms with Gasteiger partial charge in [-0.2, -0.15) is 0 Å². The van der Waals surface area contributed by atoms with Crippen molar-refractivity contribution < 1.29 is 38.7 Å². The number of aliphatic hydroxyl groups is 1. The fourth-order valence-electron chi connectivity index (χ4n) is 2.39. The van der Waals surface area contributed by atoms with Crippen LogP contribution in [0, 0.1) is 16.0 Å². The molecule has 0 bridgehead atoms. The highest BCUT2D eigenvalue weighted by Gasteiger charge is 2.47. The van der Waals surface area contributed by atoms with Crippen molar-refractivity contribution in [2.75, 3.05) is 0 Å². The van der Waals surface area contributed by atoms with Crippen LogP contribution in [0.2, 0.25) is 0 Å². The third kappa shape index (κ3) is 5.74. The molecule has 29 heavy (non-hydrogen) atoms. The molecule has 0 saturated carbocycles. The number of ether oxygens (including phenoxy) is 2. The molecule has 12 heteroatoms. The molecule has 0 aromatic heterocycles. The Balaban J connectivity index is 1.84. The Bertz CT molecular complexity index is 825. The molecule has 1 amide bonds. The predicted molar refractivity (Wildman–Crippen MR) is 98.5 cm³/mol. The van der Waals surface area contributed by atoms with Crippen LogP contribution >= 0.6 is 11.8 Å². The molecule has 4 atom stereocenters. The summed E-state index contributed by atoms with van der Waals surface area (Å²) < 4.78 is 9.95. The number of ketones is 1. The number of hydrogen-bond acceptors (Lipinski definition) is 10. The third-order valence-corrected chi connectivity index (χ3v) is 5.10. The van der Waals surface area contributed by atoms with Crippen LogP contribution in [0.1, 0.15) is 19.4 Å². The lowest BCUT2D eigenvalue weighted by Crippen LogP contribution is -2.61. The van der Waals surface area contributed by atoms with Gasteiger partial charge in [0, 0.05) is 12.1 Å². The Labute approximate surface area is 168 Å². The lowest BCUT2D eigenvalue weighted by molar-refractivity contribution is -0.384. The first-order valence-corrected chi connectivity index (χ1v) is 9.28. The van der Waals surface area contributed by atoms with Crippen molar-refractivity contribution in [3.63, 3.8) is 0 Å². The molecule has 11 nitrogen and oxygen atoms in total. The van der Waals surface area contributed by atoms with E-state index >= 15 is 0 Å². The van der Waals surface area contributed by atoms with Crippen LogP contribution in [-0.2, 0) is 30.5 Å². The molecular weight excluding hydrogens is 408 g/mol. The highest BCUT2D eigenvalue weighted by molar-refractivity contribution is 8.16. The van der Waals surface area contributed by atoms with E-state index in [1.807, 2.05) is 0 Å².